The second-order valence-electron chi connectivity index (χ2n) is 5.28. The van der Waals surface area contributed by atoms with E-state index in [0.717, 1.165) is 25.9 Å². The summed E-state index contributed by atoms with van der Waals surface area (Å²) in [5.41, 5.74) is 2.07. The monoisotopic (exact) mass is 268 g/mol. The Balaban J connectivity index is 2.83. The van der Waals surface area contributed by atoms with Crippen LogP contribution < -0.4 is 0 Å². The minimum absolute atomic E-state index is 0.00488. The number of hydrogen-bond donors (Lipinski definition) is 0. The maximum atomic E-state index is 12.4. The van der Waals surface area contributed by atoms with Gasteiger partial charge in [-0.3, -0.25) is 9.79 Å². The number of halogens is 1. The number of rotatable bonds is 3. The van der Waals surface area contributed by atoms with Gasteiger partial charge < -0.3 is 4.90 Å². The molecular formula is C14H21ClN2O. The number of amides is 1. The molecule has 0 N–H and O–H groups in total. The van der Waals surface area contributed by atoms with Crippen LogP contribution in [0, 0.1) is 5.41 Å². The zero-order valence-corrected chi connectivity index (χ0v) is 12.1. The largest absolute Gasteiger partial charge is 0.338 e. The second-order valence-corrected chi connectivity index (χ2v) is 5.53. The zero-order chi connectivity index (χ0) is 13.6. The number of likely N-dealkylation sites (tertiary alicyclic amines) is 1. The maximum absolute atomic E-state index is 12.4. The van der Waals surface area contributed by atoms with Gasteiger partial charge in [0, 0.05) is 31.0 Å². The van der Waals surface area contributed by atoms with Gasteiger partial charge in [0.15, 0.2) is 0 Å². The molecule has 0 bridgehead atoms. The number of carbonyl (C=O) groups is 1. The Labute approximate surface area is 114 Å². The molecular weight excluding hydrogens is 248 g/mol. The summed E-state index contributed by atoms with van der Waals surface area (Å²) < 4.78 is 0. The third kappa shape index (κ3) is 4.30. The number of piperidine rings is 1. The summed E-state index contributed by atoms with van der Waals surface area (Å²) in [7, 11) is 0. The molecule has 18 heavy (non-hydrogen) atoms. The van der Waals surface area contributed by atoms with E-state index in [9.17, 15) is 4.79 Å². The average Bonchev–Trinajstić information content (AvgIpc) is 2.32. The van der Waals surface area contributed by atoms with Crippen molar-refractivity contribution >= 4 is 23.7 Å². The topological polar surface area (TPSA) is 32.7 Å². The van der Waals surface area contributed by atoms with Crippen molar-refractivity contribution in [3.05, 3.63) is 23.4 Å². The van der Waals surface area contributed by atoms with Gasteiger partial charge >= 0.3 is 0 Å². The molecule has 0 radical (unpaired) electrons. The van der Waals surface area contributed by atoms with Crippen molar-refractivity contribution in [1.29, 1.82) is 0 Å². The van der Waals surface area contributed by atoms with Crippen molar-refractivity contribution in [2.45, 2.75) is 33.6 Å². The molecule has 100 valence electrons. The first-order valence-corrected chi connectivity index (χ1v) is 6.68. The second kappa shape index (κ2) is 6.74. The Morgan fingerprint density at radius 2 is 2.17 bits per heavy atom. The van der Waals surface area contributed by atoms with Gasteiger partial charge in [-0.25, -0.2) is 0 Å². The molecule has 0 atom stereocenters. The van der Waals surface area contributed by atoms with Crippen LogP contribution in [0.4, 0.5) is 0 Å². The highest BCUT2D eigenvalue weighted by Gasteiger charge is 2.29. The van der Waals surface area contributed by atoms with E-state index in [1.807, 2.05) is 11.8 Å². The standard InChI is InChI=1S/C14H21ClN2O/c1-4-16-10-12(6-8-15)13(18)17-9-5-7-14(2,3)11-17/h4,6,8,10H,5,7,9,11H2,1-3H3/b8-6+,12-10+,16-4?. The van der Waals surface area contributed by atoms with Crippen LogP contribution in [0.2, 0.25) is 0 Å². The predicted molar refractivity (Wildman–Crippen MR) is 76.8 cm³/mol. The zero-order valence-electron chi connectivity index (χ0n) is 11.3. The quantitative estimate of drug-likeness (QED) is 0.439. The molecule has 3 nitrogen and oxygen atoms in total. The van der Waals surface area contributed by atoms with E-state index in [1.165, 1.54) is 5.54 Å². The summed E-state index contributed by atoms with van der Waals surface area (Å²) in [5.74, 6) is 0.00488. The molecule has 1 fully saturated rings. The maximum Gasteiger partial charge on any atom is 0.255 e. The Bertz CT molecular complexity index is 383. The first-order valence-electron chi connectivity index (χ1n) is 6.24. The van der Waals surface area contributed by atoms with Crippen molar-refractivity contribution in [3.63, 3.8) is 0 Å². The van der Waals surface area contributed by atoms with Gasteiger partial charge in [-0.2, -0.15) is 0 Å². The van der Waals surface area contributed by atoms with Gasteiger partial charge in [0.05, 0.1) is 5.57 Å². The fourth-order valence-corrected chi connectivity index (χ4v) is 2.31. The van der Waals surface area contributed by atoms with Crippen LogP contribution >= 0.6 is 11.6 Å². The molecule has 0 aromatic carbocycles. The average molecular weight is 269 g/mol. The van der Waals surface area contributed by atoms with Crippen molar-refractivity contribution in [1.82, 2.24) is 4.90 Å². The Kier molecular flexibility index (Phi) is 5.60. The Morgan fingerprint density at radius 3 is 2.72 bits per heavy atom. The van der Waals surface area contributed by atoms with Crippen LogP contribution in [0.1, 0.15) is 33.6 Å². The summed E-state index contributed by atoms with van der Waals surface area (Å²) in [6.07, 6.45) is 7.01. The SMILES string of the molecule is CC=N/C=C(\C=C\Cl)C(=O)N1CCCC(C)(C)C1. The summed E-state index contributed by atoms with van der Waals surface area (Å²) in [5, 5.41) is 0. The fraction of sp³-hybridized carbons (Fsp3) is 0.571. The summed E-state index contributed by atoms with van der Waals surface area (Å²) >= 11 is 5.57. The first-order chi connectivity index (χ1) is 8.50. The lowest BCUT2D eigenvalue weighted by atomic mass is 9.84. The van der Waals surface area contributed by atoms with E-state index in [0.29, 0.717) is 5.57 Å². The fourth-order valence-electron chi connectivity index (χ4n) is 2.17. The summed E-state index contributed by atoms with van der Waals surface area (Å²) in [6.45, 7) is 7.79. The highest BCUT2D eigenvalue weighted by Crippen LogP contribution is 2.29. The molecule has 0 saturated carbocycles. The first kappa shape index (κ1) is 15.0. The van der Waals surface area contributed by atoms with Crippen LogP contribution in [0.15, 0.2) is 28.4 Å². The molecule has 1 rings (SSSR count). The molecule has 0 aromatic rings. The molecule has 1 heterocycles. The lowest BCUT2D eigenvalue weighted by Gasteiger charge is -2.38. The molecule has 1 aliphatic rings. The third-order valence-corrected chi connectivity index (χ3v) is 3.17. The van der Waals surface area contributed by atoms with Gasteiger partial charge in [0.1, 0.15) is 0 Å². The molecule has 0 aromatic heterocycles. The molecule has 0 aliphatic carbocycles. The van der Waals surface area contributed by atoms with Gasteiger partial charge in [0.2, 0.25) is 0 Å². The van der Waals surface area contributed by atoms with Crippen molar-refractivity contribution in [2.24, 2.45) is 10.4 Å². The van der Waals surface area contributed by atoms with E-state index in [1.54, 1.807) is 18.5 Å². The molecule has 1 aliphatic heterocycles. The normalized spacial score (nSPS) is 20.9. The van der Waals surface area contributed by atoms with Gasteiger partial charge in [-0.1, -0.05) is 25.4 Å². The van der Waals surface area contributed by atoms with E-state index in [-0.39, 0.29) is 11.3 Å². The molecule has 1 saturated heterocycles. The number of aliphatic imine (C=N–C) groups is 1. The van der Waals surface area contributed by atoms with Crippen LogP contribution in [0.3, 0.4) is 0 Å². The number of hydrogen-bond acceptors (Lipinski definition) is 2. The van der Waals surface area contributed by atoms with Crippen LogP contribution in [-0.4, -0.2) is 30.1 Å². The Morgan fingerprint density at radius 1 is 1.44 bits per heavy atom. The van der Waals surface area contributed by atoms with Crippen LogP contribution in [0.25, 0.3) is 0 Å². The van der Waals surface area contributed by atoms with Crippen molar-refractivity contribution < 1.29 is 4.79 Å². The summed E-state index contributed by atoms with van der Waals surface area (Å²) in [4.78, 5) is 18.2. The molecule has 4 heteroatoms. The molecule has 0 spiro atoms. The minimum atomic E-state index is 0.00488. The Hall–Kier alpha value is -1.09. The number of nitrogens with zero attached hydrogens (tertiary/aromatic N) is 2. The third-order valence-electron chi connectivity index (χ3n) is 3.04. The van der Waals surface area contributed by atoms with Gasteiger partial charge in [0.25, 0.3) is 5.91 Å². The van der Waals surface area contributed by atoms with E-state index >= 15 is 0 Å². The lowest BCUT2D eigenvalue weighted by Crippen LogP contribution is -2.44. The van der Waals surface area contributed by atoms with E-state index in [4.69, 9.17) is 11.6 Å². The molecule has 1 amide bonds. The van der Waals surface area contributed by atoms with Gasteiger partial charge in [-0.15, -0.1) is 0 Å². The van der Waals surface area contributed by atoms with Crippen LogP contribution in [0.5, 0.6) is 0 Å². The van der Waals surface area contributed by atoms with Crippen molar-refractivity contribution in [2.75, 3.05) is 13.1 Å². The van der Waals surface area contributed by atoms with E-state index < -0.39 is 0 Å². The van der Waals surface area contributed by atoms with E-state index in [2.05, 4.69) is 18.8 Å². The van der Waals surface area contributed by atoms with Gasteiger partial charge in [-0.05, 0) is 31.3 Å². The summed E-state index contributed by atoms with van der Waals surface area (Å²) in [6, 6.07) is 0. The minimum Gasteiger partial charge on any atom is -0.338 e. The highest BCUT2D eigenvalue weighted by molar-refractivity contribution is 6.25. The van der Waals surface area contributed by atoms with Crippen LogP contribution in [-0.2, 0) is 4.79 Å². The highest BCUT2D eigenvalue weighted by atomic mass is 35.5. The smallest absolute Gasteiger partial charge is 0.255 e. The molecule has 0 unspecified atom stereocenters. The van der Waals surface area contributed by atoms with Crippen molar-refractivity contribution in [3.8, 4) is 0 Å². The predicted octanol–water partition coefficient (Wildman–Crippen LogP) is 3.36. The number of carbonyl (C=O) groups excluding carboxylic acids is 1. The lowest BCUT2D eigenvalue weighted by molar-refractivity contribution is -0.129.